The molecule has 1 N–H and O–H groups in total. The first-order chi connectivity index (χ1) is 10.2. The van der Waals surface area contributed by atoms with E-state index in [1.165, 1.54) is 24.8 Å². The normalized spacial score (nSPS) is 10.1. The van der Waals surface area contributed by atoms with Gasteiger partial charge in [-0.05, 0) is 18.4 Å². The molecule has 0 spiro atoms. The Balaban J connectivity index is 1.90. The third-order valence-electron chi connectivity index (χ3n) is 3.15. The standard InChI is InChI=1S/C16H18N2O3/c1-21-16-11-14(10-15(12-16)18(19)20)17-9-5-8-13-6-3-2-4-7-13/h2-4,6-7,10-12,17H,5,8-9H2,1H3. The van der Waals surface area contributed by atoms with Gasteiger partial charge in [0, 0.05) is 24.4 Å². The molecular formula is C16H18N2O3. The Kier molecular flexibility index (Phi) is 5.15. The fraction of sp³-hybridized carbons (Fsp3) is 0.250. The second-order valence-corrected chi connectivity index (χ2v) is 4.69. The molecule has 0 aliphatic heterocycles. The first kappa shape index (κ1) is 14.8. The van der Waals surface area contributed by atoms with Gasteiger partial charge in [-0.2, -0.15) is 0 Å². The van der Waals surface area contributed by atoms with Crippen LogP contribution in [0.4, 0.5) is 11.4 Å². The van der Waals surface area contributed by atoms with Crippen LogP contribution < -0.4 is 10.1 Å². The van der Waals surface area contributed by atoms with Gasteiger partial charge in [0.05, 0.1) is 18.1 Å². The van der Waals surface area contributed by atoms with E-state index in [-0.39, 0.29) is 5.69 Å². The molecule has 0 aliphatic carbocycles. The molecule has 0 aliphatic rings. The summed E-state index contributed by atoms with van der Waals surface area (Å²) in [4.78, 5) is 10.4. The van der Waals surface area contributed by atoms with Gasteiger partial charge in [0.15, 0.2) is 0 Å². The Morgan fingerprint density at radius 1 is 1.19 bits per heavy atom. The molecule has 2 aromatic rings. The minimum absolute atomic E-state index is 0.0277. The zero-order chi connectivity index (χ0) is 15.1. The van der Waals surface area contributed by atoms with Gasteiger partial charge in [-0.3, -0.25) is 10.1 Å². The summed E-state index contributed by atoms with van der Waals surface area (Å²) in [6.07, 6.45) is 1.93. The molecule has 0 amide bonds. The van der Waals surface area contributed by atoms with Crippen molar-refractivity contribution in [1.29, 1.82) is 0 Å². The maximum atomic E-state index is 10.9. The maximum Gasteiger partial charge on any atom is 0.275 e. The third-order valence-corrected chi connectivity index (χ3v) is 3.15. The smallest absolute Gasteiger partial charge is 0.275 e. The number of hydrogen-bond donors (Lipinski definition) is 1. The lowest BCUT2D eigenvalue weighted by molar-refractivity contribution is -0.384. The topological polar surface area (TPSA) is 64.4 Å². The number of nitro groups is 1. The van der Waals surface area contributed by atoms with Crippen LogP contribution >= 0.6 is 0 Å². The van der Waals surface area contributed by atoms with Crippen LogP contribution in [-0.2, 0) is 6.42 Å². The van der Waals surface area contributed by atoms with E-state index in [2.05, 4.69) is 17.4 Å². The number of hydrogen-bond acceptors (Lipinski definition) is 4. The van der Waals surface area contributed by atoms with Gasteiger partial charge >= 0.3 is 0 Å². The molecule has 0 unspecified atom stereocenters. The van der Waals surface area contributed by atoms with Crippen LogP contribution in [-0.4, -0.2) is 18.6 Å². The number of nitro benzene ring substituents is 1. The predicted molar refractivity (Wildman–Crippen MR) is 82.9 cm³/mol. The molecule has 2 aromatic carbocycles. The highest BCUT2D eigenvalue weighted by Crippen LogP contribution is 2.25. The molecular weight excluding hydrogens is 268 g/mol. The molecule has 0 heterocycles. The van der Waals surface area contributed by atoms with E-state index in [1.54, 1.807) is 6.07 Å². The van der Waals surface area contributed by atoms with Crippen LogP contribution in [0.2, 0.25) is 0 Å². The number of non-ortho nitro benzene ring substituents is 1. The molecule has 0 bridgehead atoms. The average Bonchev–Trinajstić information content (AvgIpc) is 2.52. The van der Waals surface area contributed by atoms with E-state index in [4.69, 9.17) is 4.74 Å². The first-order valence-corrected chi connectivity index (χ1v) is 6.80. The van der Waals surface area contributed by atoms with E-state index in [1.807, 2.05) is 18.2 Å². The summed E-state index contributed by atoms with van der Waals surface area (Å²) in [6.45, 7) is 0.749. The number of aryl methyl sites for hydroxylation is 1. The molecule has 0 radical (unpaired) electrons. The van der Waals surface area contributed by atoms with Crippen molar-refractivity contribution in [3.8, 4) is 5.75 Å². The summed E-state index contributed by atoms with van der Waals surface area (Å²) in [5.41, 5.74) is 2.02. The van der Waals surface area contributed by atoms with Gasteiger partial charge in [0.1, 0.15) is 5.75 Å². The Hall–Kier alpha value is -2.56. The van der Waals surface area contributed by atoms with Crippen LogP contribution in [0.3, 0.4) is 0 Å². The van der Waals surface area contributed by atoms with E-state index in [0.717, 1.165) is 19.4 Å². The van der Waals surface area contributed by atoms with Crippen molar-refractivity contribution in [1.82, 2.24) is 0 Å². The molecule has 0 aromatic heterocycles. The zero-order valence-corrected chi connectivity index (χ0v) is 11.9. The first-order valence-electron chi connectivity index (χ1n) is 6.80. The number of nitrogens with zero attached hydrogens (tertiary/aromatic N) is 1. The molecule has 2 rings (SSSR count). The second-order valence-electron chi connectivity index (χ2n) is 4.69. The number of nitrogens with one attached hydrogen (secondary N) is 1. The van der Waals surface area contributed by atoms with Gasteiger partial charge in [0.2, 0.25) is 0 Å². The van der Waals surface area contributed by atoms with Gasteiger partial charge in [0.25, 0.3) is 5.69 Å². The summed E-state index contributed by atoms with van der Waals surface area (Å²) in [6, 6.07) is 14.9. The minimum atomic E-state index is -0.419. The SMILES string of the molecule is COc1cc(NCCCc2ccccc2)cc([N+](=O)[O-])c1. The maximum absolute atomic E-state index is 10.9. The van der Waals surface area contributed by atoms with E-state index < -0.39 is 4.92 Å². The van der Waals surface area contributed by atoms with Crippen LogP contribution in [0.5, 0.6) is 5.75 Å². The summed E-state index contributed by atoms with van der Waals surface area (Å²) in [5.74, 6) is 0.481. The molecule has 0 saturated carbocycles. The van der Waals surface area contributed by atoms with Crippen LogP contribution in [0, 0.1) is 10.1 Å². The molecule has 110 valence electrons. The molecule has 5 heteroatoms. The van der Waals surface area contributed by atoms with Crippen LogP contribution in [0.15, 0.2) is 48.5 Å². The van der Waals surface area contributed by atoms with Crippen molar-refractivity contribution < 1.29 is 9.66 Å². The molecule has 0 fully saturated rings. The fourth-order valence-corrected chi connectivity index (χ4v) is 2.08. The van der Waals surface area contributed by atoms with Crippen molar-refractivity contribution in [2.75, 3.05) is 19.0 Å². The highest BCUT2D eigenvalue weighted by molar-refractivity contribution is 5.56. The lowest BCUT2D eigenvalue weighted by Crippen LogP contribution is -2.04. The second kappa shape index (κ2) is 7.28. The highest BCUT2D eigenvalue weighted by Gasteiger charge is 2.09. The number of benzene rings is 2. The predicted octanol–water partition coefficient (Wildman–Crippen LogP) is 3.65. The quantitative estimate of drug-likeness (QED) is 0.479. The van der Waals surface area contributed by atoms with Crippen LogP contribution in [0.25, 0.3) is 0 Å². The summed E-state index contributed by atoms with van der Waals surface area (Å²) in [5, 5.41) is 14.1. The number of anilines is 1. The summed E-state index contributed by atoms with van der Waals surface area (Å²) < 4.78 is 5.08. The summed E-state index contributed by atoms with van der Waals surface area (Å²) >= 11 is 0. The lowest BCUT2D eigenvalue weighted by Gasteiger charge is -2.08. The lowest BCUT2D eigenvalue weighted by atomic mass is 10.1. The highest BCUT2D eigenvalue weighted by atomic mass is 16.6. The van der Waals surface area contributed by atoms with E-state index >= 15 is 0 Å². The van der Waals surface area contributed by atoms with Crippen molar-refractivity contribution in [3.05, 3.63) is 64.2 Å². The monoisotopic (exact) mass is 286 g/mol. The minimum Gasteiger partial charge on any atom is -0.496 e. The average molecular weight is 286 g/mol. The zero-order valence-electron chi connectivity index (χ0n) is 11.9. The molecule has 21 heavy (non-hydrogen) atoms. The third kappa shape index (κ3) is 4.49. The van der Waals surface area contributed by atoms with E-state index in [9.17, 15) is 10.1 Å². The number of rotatable bonds is 7. The van der Waals surface area contributed by atoms with Gasteiger partial charge in [-0.15, -0.1) is 0 Å². The molecule has 0 saturated heterocycles. The van der Waals surface area contributed by atoms with Gasteiger partial charge in [-0.25, -0.2) is 0 Å². The van der Waals surface area contributed by atoms with Crippen molar-refractivity contribution in [3.63, 3.8) is 0 Å². The van der Waals surface area contributed by atoms with Crippen molar-refractivity contribution in [2.45, 2.75) is 12.8 Å². The summed E-state index contributed by atoms with van der Waals surface area (Å²) in [7, 11) is 1.50. The molecule has 0 atom stereocenters. The number of methoxy groups -OCH3 is 1. The Bertz CT molecular complexity index is 600. The Labute approximate surface area is 123 Å². The fourth-order valence-electron chi connectivity index (χ4n) is 2.08. The molecule has 5 nitrogen and oxygen atoms in total. The Morgan fingerprint density at radius 2 is 1.95 bits per heavy atom. The number of ether oxygens (including phenoxy) is 1. The van der Waals surface area contributed by atoms with Crippen molar-refractivity contribution in [2.24, 2.45) is 0 Å². The van der Waals surface area contributed by atoms with E-state index in [0.29, 0.717) is 11.4 Å². The van der Waals surface area contributed by atoms with Gasteiger partial charge in [-0.1, -0.05) is 30.3 Å². The largest absolute Gasteiger partial charge is 0.496 e. The van der Waals surface area contributed by atoms with Crippen molar-refractivity contribution >= 4 is 11.4 Å². The van der Waals surface area contributed by atoms with Crippen LogP contribution in [0.1, 0.15) is 12.0 Å². The van der Waals surface area contributed by atoms with Gasteiger partial charge < -0.3 is 10.1 Å². The Morgan fingerprint density at radius 3 is 2.62 bits per heavy atom.